The van der Waals surface area contributed by atoms with Gasteiger partial charge in [-0.3, -0.25) is 9.59 Å². The van der Waals surface area contributed by atoms with Gasteiger partial charge in [-0.1, -0.05) is 32.0 Å². The zero-order valence-corrected chi connectivity index (χ0v) is 16.9. The third-order valence-corrected chi connectivity index (χ3v) is 7.23. The number of piperazine rings is 1. The first-order chi connectivity index (χ1) is 13.4. The highest BCUT2D eigenvalue weighted by Crippen LogP contribution is 2.16. The number of H-pyrrole nitrogens is 1. The number of carbonyl (C=O) groups is 1. The number of amides is 1. The van der Waals surface area contributed by atoms with Gasteiger partial charge in [0.2, 0.25) is 5.91 Å². The van der Waals surface area contributed by atoms with Gasteiger partial charge in [0.05, 0.1) is 17.5 Å². The van der Waals surface area contributed by atoms with E-state index in [9.17, 15) is 18.0 Å². The molecule has 152 valence electrons. The first kappa shape index (κ1) is 20.4. The molecule has 0 saturated carbocycles. The maximum Gasteiger partial charge on any atom is 0.282 e. The average molecular weight is 407 g/mol. The molecular weight excluding hydrogens is 382 g/mol. The van der Waals surface area contributed by atoms with Crippen LogP contribution in [0.5, 0.6) is 0 Å². The predicted octanol–water partition coefficient (Wildman–Crippen LogP) is 0.196. The van der Waals surface area contributed by atoms with E-state index in [1.54, 1.807) is 29.2 Å². The summed E-state index contributed by atoms with van der Waals surface area (Å²) < 4.78 is 28.0. The molecule has 1 fully saturated rings. The Hall–Kier alpha value is -2.30. The van der Waals surface area contributed by atoms with Crippen LogP contribution in [-0.2, 0) is 21.4 Å². The van der Waals surface area contributed by atoms with E-state index in [1.165, 1.54) is 8.61 Å². The molecule has 1 amide bonds. The second-order valence-corrected chi connectivity index (χ2v) is 8.52. The van der Waals surface area contributed by atoms with E-state index in [4.69, 9.17) is 0 Å². The fourth-order valence-corrected chi connectivity index (χ4v) is 5.05. The van der Waals surface area contributed by atoms with Crippen LogP contribution in [0.3, 0.4) is 0 Å². The Labute approximate surface area is 164 Å². The Balaban J connectivity index is 1.68. The summed E-state index contributed by atoms with van der Waals surface area (Å²) in [5, 5.41) is 7.63. The van der Waals surface area contributed by atoms with Crippen molar-refractivity contribution in [2.24, 2.45) is 0 Å². The lowest BCUT2D eigenvalue weighted by molar-refractivity contribution is -0.131. The number of carbonyl (C=O) groups excluding carboxylic acids is 1. The molecule has 1 aromatic carbocycles. The molecule has 0 radical (unpaired) electrons. The summed E-state index contributed by atoms with van der Waals surface area (Å²) in [7, 11) is -3.49. The second-order valence-electron chi connectivity index (χ2n) is 6.59. The van der Waals surface area contributed by atoms with Gasteiger partial charge in [0.15, 0.2) is 0 Å². The molecule has 0 atom stereocenters. The van der Waals surface area contributed by atoms with Gasteiger partial charge in [-0.15, -0.1) is 0 Å². The molecule has 0 bridgehead atoms. The van der Waals surface area contributed by atoms with Crippen molar-refractivity contribution in [3.63, 3.8) is 0 Å². The highest BCUT2D eigenvalue weighted by Gasteiger charge is 2.32. The molecule has 10 heteroatoms. The van der Waals surface area contributed by atoms with Crippen molar-refractivity contribution in [2.75, 3.05) is 39.3 Å². The molecule has 1 aromatic heterocycles. The number of fused-ring (bicyclic) bond motifs is 1. The van der Waals surface area contributed by atoms with Crippen LogP contribution in [-0.4, -0.2) is 77.3 Å². The van der Waals surface area contributed by atoms with E-state index in [0.717, 1.165) is 0 Å². The zero-order chi connectivity index (χ0) is 20.3. The van der Waals surface area contributed by atoms with E-state index in [1.807, 2.05) is 13.8 Å². The number of hydrogen-bond donors (Lipinski definition) is 1. The van der Waals surface area contributed by atoms with Gasteiger partial charge < -0.3 is 4.90 Å². The third-order valence-electron chi connectivity index (χ3n) is 5.04. The molecule has 3 rings (SSSR count). The van der Waals surface area contributed by atoms with Gasteiger partial charge in [0.25, 0.3) is 15.8 Å². The van der Waals surface area contributed by atoms with Crippen LogP contribution in [0.25, 0.3) is 10.8 Å². The molecule has 1 N–H and O–H groups in total. The van der Waals surface area contributed by atoms with E-state index in [0.29, 0.717) is 42.6 Å². The average Bonchev–Trinajstić information content (AvgIpc) is 2.71. The first-order valence-corrected chi connectivity index (χ1v) is 10.8. The van der Waals surface area contributed by atoms with Crippen LogP contribution in [0.4, 0.5) is 0 Å². The molecule has 2 aromatic rings. The van der Waals surface area contributed by atoms with E-state index in [-0.39, 0.29) is 31.0 Å². The van der Waals surface area contributed by atoms with Gasteiger partial charge in [-0.05, 0) is 6.07 Å². The van der Waals surface area contributed by atoms with Crippen molar-refractivity contribution in [1.82, 2.24) is 23.7 Å². The highest BCUT2D eigenvalue weighted by molar-refractivity contribution is 7.86. The highest BCUT2D eigenvalue weighted by atomic mass is 32.2. The van der Waals surface area contributed by atoms with Crippen LogP contribution >= 0.6 is 0 Å². The number of hydrogen-bond acceptors (Lipinski definition) is 5. The Bertz CT molecular complexity index is 1010. The van der Waals surface area contributed by atoms with Crippen molar-refractivity contribution in [1.29, 1.82) is 0 Å². The predicted molar refractivity (Wildman–Crippen MR) is 106 cm³/mol. The number of aromatic amines is 1. The van der Waals surface area contributed by atoms with Gasteiger partial charge >= 0.3 is 0 Å². The maximum absolute atomic E-state index is 12.7. The third kappa shape index (κ3) is 3.94. The largest absolute Gasteiger partial charge is 0.340 e. The topological polar surface area (TPSA) is 107 Å². The minimum absolute atomic E-state index is 0.0556. The van der Waals surface area contributed by atoms with Gasteiger partial charge in [-0.25, -0.2) is 5.10 Å². The lowest BCUT2D eigenvalue weighted by Gasteiger charge is -2.36. The summed E-state index contributed by atoms with van der Waals surface area (Å²) >= 11 is 0. The van der Waals surface area contributed by atoms with Crippen molar-refractivity contribution in [2.45, 2.75) is 20.3 Å². The quantitative estimate of drug-likeness (QED) is 0.736. The van der Waals surface area contributed by atoms with E-state index >= 15 is 0 Å². The fraction of sp³-hybridized carbons (Fsp3) is 0.500. The maximum atomic E-state index is 12.7. The number of aromatic nitrogens is 2. The van der Waals surface area contributed by atoms with Crippen molar-refractivity contribution >= 4 is 26.9 Å². The Morgan fingerprint density at radius 2 is 1.71 bits per heavy atom. The van der Waals surface area contributed by atoms with Crippen molar-refractivity contribution in [3.8, 4) is 0 Å². The zero-order valence-electron chi connectivity index (χ0n) is 16.1. The van der Waals surface area contributed by atoms with E-state index in [2.05, 4.69) is 10.2 Å². The summed E-state index contributed by atoms with van der Waals surface area (Å²) in [5.74, 6) is -0.135. The van der Waals surface area contributed by atoms with Gasteiger partial charge in [0, 0.05) is 44.7 Å². The fourth-order valence-electron chi connectivity index (χ4n) is 3.44. The minimum atomic E-state index is -3.49. The number of benzene rings is 1. The molecule has 1 aliphatic rings. The summed E-state index contributed by atoms with van der Waals surface area (Å²) in [4.78, 5) is 26.2. The minimum Gasteiger partial charge on any atom is -0.340 e. The molecular formula is C18H25N5O4S. The summed E-state index contributed by atoms with van der Waals surface area (Å²) in [5.41, 5.74) is 0.223. The lowest BCUT2D eigenvalue weighted by Crippen LogP contribution is -2.54. The van der Waals surface area contributed by atoms with Crippen molar-refractivity contribution in [3.05, 3.63) is 40.3 Å². The first-order valence-electron chi connectivity index (χ1n) is 9.37. The molecule has 9 nitrogen and oxygen atoms in total. The molecule has 0 spiro atoms. The Morgan fingerprint density at radius 3 is 2.32 bits per heavy atom. The summed E-state index contributed by atoms with van der Waals surface area (Å²) in [6.45, 7) is 5.66. The molecule has 28 heavy (non-hydrogen) atoms. The van der Waals surface area contributed by atoms with Gasteiger partial charge in [-0.2, -0.15) is 22.1 Å². The van der Waals surface area contributed by atoms with Crippen LogP contribution in [0, 0.1) is 0 Å². The molecule has 0 unspecified atom stereocenters. The van der Waals surface area contributed by atoms with E-state index < -0.39 is 10.2 Å². The summed E-state index contributed by atoms with van der Waals surface area (Å²) in [6.07, 6.45) is 0.0556. The Morgan fingerprint density at radius 1 is 1.11 bits per heavy atom. The number of rotatable bonds is 6. The summed E-state index contributed by atoms with van der Waals surface area (Å²) in [6, 6.07) is 7.03. The van der Waals surface area contributed by atoms with Crippen LogP contribution in [0.1, 0.15) is 19.5 Å². The van der Waals surface area contributed by atoms with Crippen LogP contribution < -0.4 is 5.56 Å². The number of nitrogens with one attached hydrogen (secondary N) is 1. The Kier molecular flexibility index (Phi) is 6.11. The molecule has 1 saturated heterocycles. The monoisotopic (exact) mass is 407 g/mol. The SMILES string of the molecule is CCN(CC)S(=O)(=O)N1CCN(C(=O)Cc2n[nH]c(=O)c3ccccc23)CC1. The second kappa shape index (κ2) is 8.38. The van der Waals surface area contributed by atoms with Gasteiger partial charge in [0.1, 0.15) is 0 Å². The number of nitrogens with zero attached hydrogens (tertiary/aromatic N) is 4. The molecule has 0 aliphatic carbocycles. The standard InChI is InChI=1S/C18H25N5O4S/c1-3-22(4-2)28(26,27)23-11-9-21(10-12-23)17(24)13-16-14-7-5-6-8-15(14)18(25)20-19-16/h5-8H,3-4,9-13H2,1-2H3,(H,20,25). The normalized spacial score (nSPS) is 16.0. The smallest absolute Gasteiger partial charge is 0.282 e. The van der Waals surface area contributed by atoms with Crippen molar-refractivity contribution < 1.29 is 13.2 Å². The lowest BCUT2D eigenvalue weighted by atomic mass is 10.1. The van der Waals surface area contributed by atoms with Crippen LogP contribution in [0.2, 0.25) is 0 Å². The van der Waals surface area contributed by atoms with Crippen LogP contribution in [0.15, 0.2) is 29.1 Å². The molecule has 2 heterocycles. The molecule has 1 aliphatic heterocycles.